The predicted octanol–water partition coefficient (Wildman–Crippen LogP) is 2.61. The quantitative estimate of drug-likeness (QED) is 0.634. The number of nitrogens with zero attached hydrogens (tertiary/aromatic N) is 2. The zero-order valence-electron chi connectivity index (χ0n) is 11.7. The third-order valence-electron chi connectivity index (χ3n) is 3.61. The van der Waals surface area contributed by atoms with E-state index in [4.69, 9.17) is 0 Å². The Morgan fingerprint density at radius 3 is 2.29 bits per heavy atom. The van der Waals surface area contributed by atoms with Crippen LogP contribution in [0.25, 0.3) is 0 Å². The maximum absolute atomic E-state index is 13.7. The highest BCUT2D eigenvalue weighted by atomic mass is 32.2. The minimum Gasteiger partial charge on any atom is -0.258 e. The number of benzene rings is 1. The number of nitro groups is 1. The van der Waals surface area contributed by atoms with Crippen LogP contribution in [0.4, 0.5) is 10.1 Å². The highest BCUT2D eigenvalue weighted by Gasteiger charge is 2.29. The smallest absolute Gasteiger partial charge is 0.258 e. The van der Waals surface area contributed by atoms with Crippen LogP contribution >= 0.6 is 0 Å². The van der Waals surface area contributed by atoms with Crippen molar-refractivity contribution in [2.75, 3.05) is 13.1 Å². The van der Waals surface area contributed by atoms with E-state index in [9.17, 15) is 22.9 Å². The summed E-state index contributed by atoms with van der Waals surface area (Å²) in [5, 5.41) is 10.8. The van der Waals surface area contributed by atoms with Crippen LogP contribution in [0.2, 0.25) is 0 Å². The third-order valence-corrected chi connectivity index (χ3v) is 5.48. The molecule has 8 heteroatoms. The Kier molecular flexibility index (Phi) is 4.58. The molecule has 0 spiro atoms. The molecule has 1 aliphatic heterocycles. The summed E-state index contributed by atoms with van der Waals surface area (Å²) < 4.78 is 40.1. The molecule has 6 nitrogen and oxygen atoms in total. The highest BCUT2D eigenvalue weighted by molar-refractivity contribution is 7.89. The maximum atomic E-state index is 13.7. The first-order chi connectivity index (χ1) is 9.84. The molecule has 0 N–H and O–H groups in total. The van der Waals surface area contributed by atoms with Gasteiger partial charge in [0.25, 0.3) is 0 Å². The van der Waals surface area contributed by atoms with E-state index in [1.54, 1.807) is 0 Å². The molecule has 1 aromatic rings. The van der Waals surface area contributed by atoms with Gasteiger partial charge in [-0.1, -0.05) is 12.8 Å². The van der Waals surface area contributed by atoms with Gasteiger partial charge in [0.05, 0.1) is 9.82 Å². The van der Waals surface area contributed by atoms with Crippen molar-refractivity contribution in [1.82, 2.24) is 4.31 Å². The molecule has 0 aromatic heterocycles. The van der Waals surface area contributed by atoms with E-state index in [1.165, 1.54) is 11.2 Å². The lowest BCUT2D eigenvalue weighted by Gasteiger charge is -2.20. The van der Waals surface area contributed by atoms with Crippen LogP contribution < -0.4 is 0 Å². The average molecular weight is 316 g/mol. The second-order valence-electron chi connectivity index (χ2n) is 5.15. The van der Waals surface area contributed by atoms with Gasteiger partial charge in [-0.3, -0.25) is 10.1 Å². The van der Waals surface area contributed by atoms with E-state index >= 15 is 0 Å². The van der Waals surface area contributed by atoms with Crippen molar-refractivity contribution in [3.05, 3.63) is 33.6 Å². The monoisotopic (exact) mass is 316 g/mol. The molecule has 1 saturated heterocycles. The fourth-order valence-electron chi connectivity index (χ4n) is 2.43. The Morgan fingerprint density at radius 1 is 1.19 bits per heavy atom. The van der Waals surface area contributed by atoms with Crippen LogP contribution in [-0.2, 0) is 10.0 Å². The first-order valence-electron chi connectivity index (χ1n) is 6.78. The SMILES string of the molecule is Cc1cc(S(=O)(=O)N2CCCCCC2)cc([N+](=O)[O-])c1F. The second-order valence-corrected chi connectivity index (χ2v) is 7.09. The van der Waals surface area contributed by atoms with Gasteiger partial charge in [0, 0.05) is 19.2 Å². The first-order valence-corrected chi connectivity index (χ1v) is 8.22. The molecule has 0 aliphatic carbocycles. The molecule has 0 amide bonds. The molecule has 116 valence electrons. The fraction of sp³-hybridized carbons (Fsp3) is 0.538. The first kappa shape index (κ1) is 15.8. The van der Waals surface area contributed by atoms with Gasteiger partial charge in [-0.15, -0.1) is 0 Å². The van der Waals surface area contributed by atoms with Crippen LogP contribution in [0, 0.1) is 22.9 Å². The highest BCUT2D eigenvalue weighted by Crippen LogP contribution is 2.28. The Hall–Kier alpha value is -1.54. The van der Waals surface area contributed by atoms with Crippen molar-refractivity contribution in [2.24, 2.45) is 0 Å². The number of hydrogen-bond acceptors (Lipinski definition) is 4. The summed E-state index contributed by atoms with van der Waals surface area (Å²) in [5.41, 5.74) is -0.846. The number of nitro benzene ring substituents is 1. The number of sulfonamides is 1. The topological polar surface area (TPSA) is 80.5 Å². The van der Waals surface area contributed by atoms with E-state index in [0.717, 1.165) is 37.8 Å². The van der Waals surface area contributed by atoms with Crippen molar-refractivity contribution in [2.45, 2.75) is 37.5 Å². The molecular formula is C13H17FN2O4S. The normalized spacial score (nSPS) is 17.4. The molecule has 21 heavy (non-hydrogen) atoms. The fourth-order valence-corrected chi connectivity index (χ4v) is 4.05. The number of halogens is 1. The van der Waals surface area contributed by atoms with Crippen molar-refractivity contribution < 1.29 is 17.7 Å². The molecule has 2 rings (SSSR count). The van der Waals surface area contributed by atoms with Gasteiger partial charge in [0.2, 0.25) is 15.8 Å². The Bertz CT molecular complexity index is 652. The van der Waals surface area contributed by atoms with Gasteiger partial charge in [-0.25, -0.2) is 8.42 Å². The molecule has 0 saturated carbocycles. The van der Waals surface area contributed by atoms with Crippen LogP contribution in [0.15, 0.2) is 17.0 Å². The third kappa shape index (κ3) is 3.21. The standard InChI is InChI=1S/C13H17FN2O4S/c1-10-8-11(9-12(13(10)14)16(17)18)21(19,20)15-6-4-2-3-5-7-15/h8-9H,2-7H2,1H3. The summed E-state index contributed by atoms with van der Waals surface area (Å²) >= 11 is 0. The predicted molar refractivity (Wildman–Crippen MR) is 75.0 cm³/mol. The zero-order valence-corrected chi connectivity index (χ0v) is 12.5. The van der Waals surface area contributed by atoms with E-state index in [0.29, 0.717) is 13.1 Å². The van der Waals surface area contributed by atoms with E-state index in [1.807, 2.05) is 0 Å². The number of rotatable bonds is 3. The molecule has 0 radical (unpaired) electrons. The molecule has 0 unspecified atom stereocenters. The van der Waals surface area contributed by atoms with Crippen LogP contribution in [-0.4, -0.2) is 30.7 Å². The molecule has 1 fully saturated rings. The molecular weight excluding hydrogens is 299 g/mol. The summed E-state index contributed by atoms with van der Waals surface area (Å²) in [4.78, 5) is 9.73. The van der Waals surface area contributed by atoms with Crippen molar-refractivity contribution in [3.63, 3.8) is 0 Å². The van der Waals surface area contributed by atoms with Gasteiger partial charge in [-0.05, 0) is 31.4 Å². The summed E-state index contributed by atoms with van der Waals surface area (Å²) in [6.45, 7) is 2.11. The van der Waals surface area contributed by atoms with Gasteiger partial charge >= 0.3 is 5.69 Å². The molecule has 1 aromatic carbocycles. The van der Waals surface area contributed by atoms with Crippen LogP contribution in [0.3, 0.4) is 0 Å². The van der Waals surface area contributed by atoms with Crippen LogP contribution in [0.1, 0.15) is 31.2 Å². The lowest BCUT2D eigenvalue weighted by atomic mass is 10.2. The summed E-state index contributed by atoms with van der Waals surface area (Å²) in [6.07, 6.45) is 3.46. The van der Waals surface area contributed by atoms with Crippen molar-refractivity contribution >= 4 is 15.7 Å². The average Bonchev–Trinajstić information content (AvgIpc) is 2.70. The zero-order chi connectivity index (χ0) is 15.6. The van der Waals surface area contributed by atoms with E-state index in [2.05, 4.69) is 0 Å². The van der Waals surface area contributed by atoms with Gasteiger partial charge < -0.3 is 0 Å². The van der Waals surface area contributed by atoms with Crippen molar-refractivity contribution in [3.8, 4) is 0 Å². The van der Waals surface area contributed by atoms with E-state index in [-0.39, 0.29) is 10.5 Å². The maximum Gasteiger partial charge on any atom is 0.306 e. The molecule has 0 atom stereocenters. The van der Waals surface area contributed by atoms with Gasteiger partial charge in [0.15, 0.2) is 0 Å². The Labute approximate surface area is 122 Å². The number of hydrogen-bond donors (Lipinski definition) is 0. The largest absolute Gasteiger partial charge is 0.306 e. The Morgan fingerprint density at radius 2 is 1.76 bits per heavy atom. The molecule has 1 heterocycles. The van der Waals surface area contributed by atoms with Gasteiger partial charge in [-0.2, -0.15) is 8.70 Å². The number of aryl methyl sites for hydroxylation is 1. The molecule has 0 bridgehead atoms. The summed E-state index contributed by atoms with van der Waals surface area (Å²) in [5.74, 6) is -0.991. The molecule has 1 aliphatic rings. The lowest BCUT2D eigenvalue weighted by Crippen LogP contribution is -2.32. The van der Waals surface area contributed by atoms with E-state index < -0.39 is 26.5 Å². The second kappa shape index (κ2) is 6.07. The Balaban J connectivity index is 2.46. The van der Waals surface area contributed by atoms with Crippen molar-refractivity contribution in [1.29, 1.82) is 0 Å². The summed E-state index contributed by atoms with van der Waals surface area (Å²) in [6, 6.07) is 1.96. The summed E-state index contributed by atoms with van der Waals surface area (Å²) in [7, 11) is -3.82. The van der Waals surface area contributed by atoms with Gasteiger partial charge in [0.1, 0.15) is 0 Å². The lowest BCUT2D eigenvalue weighted by molar-refractivity contribution is -0.387. The minimum atomic E-state index is -3.82. The minimum absolute atomic E-state index is 0.0439. The van der Waals surface area contributed by atoms with Crippen LogP contribution in [0.5, 0.6) is 0 Å².